The Labute approximate surface area is 109 Å². The van der Waals surface area contributed by atoms with Crippen LogP contribution in [0, 0.1) is 17.8 Å². The lowest BCUT2D eigenvalue weighted by Gasteiger charge is -2.39. The summed E-state index contributed by atoms with van der Waals surface area (Å²) in [7, 11) is 1.40. The molecular formula is C14H24O4. The number of hydrogen-bond acceptors (Lipinski definition) is 4. The highest BCUT2D eigenvalue weighted by molar-refractivity contribution is 5.72. The second-order valence-electron chi connectivity index (χ2n) is 5.23. The van der Waals surface area contributed by atoms with Gasteiger partial charge in [-0.2, -0.15) is 0 Å². The first-order chi connectivity index (χ1) is 8.54. The fraction of sp³-hybridized carbons (Fsp3) is 0.857. The van der Waals surface area contributed by atoms with Crippen molar-refractivity contribution in [2.24, 2.45) is 17.8 Å². The molecule has 4 nitrogen and oxygen atoms in total. The summed E-state index contributed by atoms with van der Waals surface area (Å²) in [6.07, 6.45) is 3.28. The average Bonchev–Trinajstić information content (AvgIpc) is 2.40. The van der Waals surface area contributed by atoms with Crippen molar-refractivity contribution in [3.8, 4) is 0 Å². The molecule has 0 aromatic carbocycles. The van der Waals surface area contributed by atoms with E-state index >= 15 is 0 Å². The third-order valence-electron chi connectivity index (χ3n) is 3.92. The Bertz CT molecular complexity index is 290. The van der Waals surface area contributed by atoms with Crippen molar-refractivity contribution in [1.29, 1.82) is 0 Å². The van der Waals surface area contributed by atoms with Crippen LogP contribution in [0.2, 0.25) is 0 Å². The lowest BCUT2D eigenvalue weighted by Crippen LogP contribution is -2.43. The summed E-state index contributed by atoms with van der Waals surface area (Å²) in [4.78, 5) is 22.6. The minimum atomic E-state index is -0.219. The SMILES string of the molecule is CC[C@@H](C(=O)OC)[C@H]1CC[C@H](C)[C@H]([C@@H](C)C=O)O1. The summed E-state index contributed by atoms with van der Waals surface area (Å²) in [5, 5.41) is 0. The van der Waals surface area contributed by atoms with Gasteiger partial charge in [-0.1, -0.05) is 20.8 Å². The number of esters is 1. The molecule has 1 fully saturated rings. The summed E-state index contributed by atoms with van der Waals surface area (Å²) >= 11 is 0. The van der Waals surface area contributed by atoms with Gasteiger partial charge in [-0.3, -0.25) is 4.79 Å². The molecule has 5 atom stereocenters. The lowest BCUT2D eigenvalue weighted by atomic mass is 9.83. The predicted octanol–water partition coefficient (Wildman–Crippen LogP) is 2.20. The molecule has 18 heavy (non-hydrogen) atoms. The Hall–Kier alpha value is -0.900. The molecule has 104 valence electrons. The fourth-order valence-corrected chi connectivity index (χ4v) is 2.74. The summed E-state index contributed by atoms with van der Waals surface area (Å²) in [5.74, 6) is -0.201. The second-order valence-corrected chi connectivity index (χ2v) is 5.23. The van der Waals surface area contributed by atoms with Gasteiger partial charge < -0.3 is 14.3 Å². The number of rotatable bonds is 5. The van der Waals surface area contributed by atoms with Crippen molar-refractivity contribution in [2.45, 2.75) is 52.2 Å². The molecule has 0 amide bonds. The monoisotopic (exact) mass is 256 g/mol. The van der Waals surface area contributed by atoms with Gasteiger partial charge in [0.05, 0.1) is 25.2 Å². The van der Waals surface area contributed by atoms with Crippen LogP contribution in [-0.4, -0.2) is 31.6 Å². The fourth-order valence-electron chi connectivity index (χ4n) is 2.74. The molecule has 0 radical (unpaired) electrons. The van der Waals surface area contributed by atoms with Crippen molar-refractivity contribution >= 4 is 12.3 Å². The Morgan fingerprint density at radius 2 is 2.17 bits per heavy atom. The summed E-state index contributed by atoms with van der Waals surface area (Å²) in [6, 6.07) is 0. The minimum absolute atomic E-state index is 0.0834. The van der Waals surface area contributed by atoms with Gasteiger partial charge in [0.2, 0.25) is 0 Å². The Morgan fingerprint density at radius 1 is 1.50 bits per heavy atom. The van der Waals surface area contributed by atoms with Gasteiger partial charge in [-0.05, 0) is 25.2 Å². The van der Waals surface area contributed by atoms with Crippen LogP contribution in [0.25, 0.3) is 0 Å². The number of carbonyl (C=O) groups excluding carboxylic acids is 2. The maximum absolute atomic E-state index is 11.7. The van der Waals surface area contributed by atoms with Crippen molar-refractivity contribution in [3.63, 3.8) is 0 Å². The van der Waals surface area contributed by atoms with E-state index in [2.05, 4.69) is 6.92 Å². The Kier molecular flexibility index (Phi) is 5.79. The molecule has 0 aliphatic carbocycles. The summed E-state index contributed by atoms with van der Waals surface area (Å²) < 4.78 is 10.8. The number of carbonyl (C=O) groups is 2. The molecule has 0 aromatic heterocycles. The van der Waals surface area contributed by atoms with E-state index < -0.39 is 0 Å². The van der Waals surface area contributed by atoms with Crippen LogP contribution in [-0.2, 0) is 19.1 Å². The van der Waals surface area contributed by atoms with Gasteiger partial charge in [-0.15, -0.1) is 0 Å². The molecule has 0 bridgehead atoms. The quantitative estimate of drug-likeness (QED) is 0.559. The maximum atomic E-state index is 11.7. The van der Waals surface area contributed by atoms with Crippen LogP contribution in [0.5, 0.6) is 0 Å². The van der Waals surface area contributed by atoms with Gasteiger partial charge in [0.25, 0.3) is 0 Å². The molecule has 1 aliphatic heterocycles. The highest BCUT2D eigenvalue weighted by Crippen LogP contribution is 2.33. The van der Waals surface area contributed by atoms with Crippen LogP contribution in [0.4, 0.5) is 0 Å². The smallest absolute Gasteiger partial charge is 0.311 e. The average molecular weight is 256 g/mol. The van der Waals surface area contributed by atoms with Crippen LogP contribution in [0.1, 0.15) is 40.0 Å². The summed E-state index contributed by atoms with van der Waals surface area (Å²) in [5.41, 5.74) is 0. The van der Waals surface area contributed by atoms with E-state index in [4.69, 9.17) is 9.47 Å². The lowest BCUT2D eigenvalue weighted by molar-refractivity contribution is -0.164. The molecule has 0 saturated carbocycles. The van der Waals surface area contributed by atoms with Crippen molar-refractivity contribution in [3.05, 3.63) is 0 Å². The van der Waals surface area contributed by atoms with Gasteiger partial charge >= 0.3 is 5.97 Å². The van der Waals surface area contributed by atoms with E-state index in [0.717, 1.165) is 19.1 Å². The van der Waals surface area contributed by atoms with Crippen LogP contribution < -0.4 is 0 Å². The minimum Gasteiger partial charge on any atom is -0.469 e. The van der Waals surface area contributed by atoms with Gasteiger partial charge in [0, 0.05) is 5.92 Å². The molecule has 4 heteroatoms. The van der Waals surface area contributed by atoms with Gasteiger partial charge in [0.1, 0.15) is 6.29 Å². The zero-order valence-corrected chi connectivity index (χ0v) is 11.7. The number of ether oxygens (including phenoxy) is 2. The maximum Gasteiger partial charge on any atom is 0.311 e. The first kappa shape index (κ1) is 15.2. The van der Waals surface area contributed by atoms with E-state index in [1.807, 2.05) is 13.8 Å². The zero-order chi connectivity index (χ0) is 13.7. The van der Waals surface area contributed by atoms with E-state index in [0.29, 0.717) is 12.3 Å². The largest absolute Gasteiger partial charge is 0.469 e. The molecule has 1 rings (SSSR count). The number of hydrogen-bond donors (Lipinski definition) is 0. The third-order valence-corrected chi connectivity index (χ3v) is 3.92. The van der Waals surface area contributed by atoms with Crippen molar-refractivity contribution in [1.82, 2.24) is 0 Å². The van der Waals surface area contributed by atoms with E-state index in [1.165, 1.54) is 7.11 Å². The zero-order valence-electron chi connectivity index (χ0n) is 11.7. The first-order valence-corrected chi connectivity index (χ1v) is 6.73. The predicted molar refractivity (Wildman–Crippen MR) is 68.1 cm³/mol. The molecular weight excluding hydrogens is 232 g/mol. The van der Waals surface area contributed by atoms with Crippen molar-refractivity contribution in [2.75, 3.05) is 7.11 Å². The number of methoxy groups -OCH3 is 1. The molecule has 0 aromatic rings. The molecule has 0 unspecified atom stereocenters. The molecule has 0 spiro atoms. The van der Waals surface area contributed by atoms with E-state index in [9.17, 15) is 9.59 Å². The van der Waals surface area contributed by atoms with Crippen LogP contribution >= 0.6 is 0 Å². The van der Waals surface area contributed by atoms with Crippen LogP contribution in [0.15, 0.2) is 0 Å². The molecule has 1 saturated heterocycles. The van der Waals surface area contributed by atoms with E-state index in [1.54, 1.807) is 0 Å². The highest BCUT2D eigenvalue weighted by atomic mass is 16.5. The van der Waals surface area contributed by atoms with Crippen LogP contribution in [0.3, 0.4) is 0 Å². The third kappa shape index (κ3) is 3.31. The summed E-state index contributed by atoms with van der Waals surface area (Å²) in [6.45, 7) is 5.93. The highest BCUT2D eigenvalue weighted by Gasteiger charge is 2.37. The van der Waals surface area contributed by atoms with Gasteiger partial charge in [-0.25, -0.2) is 0 Å². The second kappa shape index (κ2) is 6.88. The molecule has 0 N–H and O–H groups in total. The Balaban J connectivity index is 2.73. The molecule has 1 aliphatic rings. The Morgan fingerprint density at radius 3 is 2.67 bits per heavy atom. The normalized spacial score (nSPS) is 31.4. The topological polar surface area (TPSA) is 52.6 Å². The van der Waals surface area contributed by atoms with E-state index in [-0.39, 0.29) is 30.0 Å². The first-order valence-electron chi connectivity index (χ1n) is 6.73. The number of aldehydes is 1. The standard InChI is InChI=1S/C14H24O4/c1-5-11(14(16)17-4)12-7-6-9(2)13(18-12)10(3)8-15/h8-13H,5-7H2,1-4H3/t9-,10-,11+,12+,13+/m0/s1. The van der Waals surface area contributed by atoms with Crippen molar-refractivity contribution < 1.29 is 19.1 Å². The van der Waals surface area contributed by atoms with Gasteiger partial charge in [0.15, 0.2) is 0 Å². The molecule has 1 heterocycles.